The van der Waals surface area contributed by atoms with E-state index in [4.69, 9.17) is 13.9 Å². The summed E-state index contributed by atoms with van der Waals surface area (Å²) >= 11 is 1.42. The predicted octanol–water partition coefficient (Wildman–Crippen LogP) is 12.6. The van der Waals surface area contributed by atoms with Gasteiger partial charge in [-0.2, -0.15) is 0 Å². The van der Waals surface area contributed by atoms with Gasteiger partial charge in [0.2, 0.25) is 0 Å². The Labute approximate surface area is 296 Å². The van der Waals surface area contributed by atoms with Gasteiger partial charge in [0.25, 0.3) is 0 Å². The van der Waals surface area contributed by atoms with Crippen molar-refractivity contribution < 1.29 is 18.7 Å². The van der Waals surface area contributed by atoms with Crippen molar-refractivity contribution in [1.82, 2.24) is 0 Å². The van der Waals surface area contributed by atoms with Crippen LogP contribution in [0.1, 0.15) is 133 Å². The van der Waals surface area contributed by atoms with E-state index in [0.29, 0.717) is 12.5 Å². The van der Waals surface area contributed by atoms with E-state index < -0.39 is 8.32 Å². The van der Waals surface area contributed by atoms with E-state index in [1.54, 1.807) is 7.11 Å². The molecule has 0 aliphatic carbocycles. The van der Waals surface area contributed by atoms with Crippen molar-refractivity contribution in [3.8, 4) is 5.75 Å². The normalized spacial score (nSPS) is 16.1. The maximum Gasteiger partial charge on any atom is 0.194 e. The Kier molecular flexibility index (Phi) is 23.0. The van der Waals surface area contributed by atoms with Gasteiger partial charge in [0.1, 0.15) is 5.75 Å². The molecule has 0 saturated heterocycles. The number of rotatable bonds is 26. The molecule has 0 aromatic heterocycles. The molecule has 0 unspecified atom stereocenters. The second kappa shape index (κ2) is 24.7. The van der Waals surface area contributed by atoms with Gasteiger partial charge in [-0.05, 0) is 73.3 Å². The Morgan fingerprint density at radius 2 is 1.43 bits per heavy atom. The standard InChI is InChI=1S/C41H72O4SSi/c1-12-17-18-19-20-21-22-23-24-33(7)39(44-31-37-25-27-38(43-11)28-26-37)34(8)29-32(6)30-35(9)40(36(10)41(42)46-13-2)45-47(14-3,15-4)16-5/h25-30,33-34,36,39-40H,12-24,31H2,1-11H3/b32-29+,35-30+/t33-,34+,36-,39+,40+/m0/s1. The number of ether oxygens (including phenoxy) is 2. The highest BCUT2D eigenvalue weighted by Crippen LogP contribution is 2.32. The molecule has 1 aromatic rings. The number of hydrogen-bond acceptors (Lipinski definition) is 5. The summed E-state index contributed by atoms with van der Waals surface area (Å²) in [5.41, 5.74) is 3.52. The number of carbonyl (C=O) groups is 1. The Bertz CT molecular complexity index is 1020. The zero-order valence-electron chi connectivity index (χ0n) is 32.3. The zero-order valence-corrected chi connectivity index (χ0v) is 34.1. The molecule has 0 aliphatic heterocycles. The lowest BCUT2D eigenvalue weighted by molar-refractivity contribution is -0.116. The number of allylic oxidation sites excluding steroid dienone is 2. The molecule has 4 nitrogen and oxygen atoms in total. The monoisotopic (exact) mass is 688 g/mol. The predicted molar refractivity (Wildman–Crippen MR) is 209 cm³/mol. The van der Waals surface area contributed by atoms with Crippen molar-refractivity contribution >= 4 is 25.2 Å². The molecule has 0 saturated carbocycles. The van der Waals surface area contributed by atoms with Crippen molar-refractivity contribution in [2.75, 3.05) is 12.9 Å². The molecule has 6 heteroatoms. The number of unbranched alkanes of at least 4 members (excludes halogenated alkanes) is 7. The van der Waals surface area contributed by atoms with Crippen molar-refractivity contribution in [3.63, 3.8) is 0 Å². The molecule has 0 radical (unpaired) electrons. The lowest BCUT2D eigenvalue weighted by atomic mass is 9.87. The topological polar surface area (TPSA) is 44.8 Å². The summed E-state index contributed by atoms with van der Waals surface area (Å²) in [6.07, 6.45) is 16.4. The van der Waals surface area contributed by atoms with Crippen LogP contribution in [0.15, 0.2) is 47.6 Å². The Balaban J connectivity index is 3.18. The molecule has 0 N–H and O–H groups in total. The molecule has 270 valence electrons. The molecular formula is C41H72O4SSi. The first-order valence-corrected chi connectivity index (χ1v) is 22.5. The second-order valence-electron chi connectivity index (χ2n) is 13.8. The van der Waals surface area contributed by atoms with E-state index >= 15 is 0 Å². The first kappa shape index (κ1) is 43.7. The highest BCUT2D eigenvalue weighted by molar-refractivity contribution is 8.13. The van der Waals surface area contributed by atoms with Crippen LogP contribution in [0.4, 0.5) is 0 Å². The largest absolute Gasteiger partial charge is 0.497 e. The van der Waals surface area contributed by atoms with Crippen LogP contribution in [0, 0.1) is 17.8 Å². The maximum atomic E-state index is 13.1. The van der Waals surface area contributed by atoms with Gasteiger partial charge in [0.05, 0.1) is 31.8 Å². The zero-order chi connectivity index (χ0) is 35.2. The lowest BCUT2D eigenvalue weighted by Gasteiger charge is -2.36. The van der Waals surface area contributed by atoms with Crippen molar-refractivity contribution in [1.29, 1.82) is 0 Å². The first-order chi connectivity index (χ1) is 22.5. The molecule has 0 heterocycles. The number of carbonyl (C=O) groups excluding carboxylic acids is 1. The maximum absolute atomic E-state index is 13.1. The first-order valence-electron chi connectivity index (χ1n) is 19.0. The summed E-state index contributed by atoms with van der Waals surface area (Å²) in [5, 5.41) is 0.230. The summed E-state index contributed by atoms with van der Waals surface area (Å²) < 4.78 is 19.1. The summed E-state index contributed by atoms with van der Waals surface area (Å²) in [4.78, 5) is 13.1. The van der Waals surface area contributed by atoms with Crippen LogP contribution in [-0.2, 0) is 20.6 Å². The van der Waals surface area contributed by atoms with E-state index in [2.05, 4.69) is 86.6 Å². The highest BCUT2D eigenvalue weighted by Gasteiger charge is 2.36. The van der Waals surface area contributed by atoms with Crippen molar-refractivity contribution in [2.24, 2.45) is 17.8 Å². The summed E-state index contributed by atoms with van der Waals surface area (Å²) in [7, 11) is -0.215. The van der Waals surface area contributed by atoms with Gasteiger partial charge in [-0.25, -0.2) is 0 Å². The van der Waals surface area contributed by atoms with Gasteiger partial charge in [0.15, 0.2) is 13.4 Å². The third-order valence-electron chi connectivity index (χ3n) is 10.0. The third kappa shape index (κ3) is 16.3. The minimum Gasteiger partial charge on any atom is -0.497 e. The fraction of sp³-hybridized carbons (Fsp3) is 0.732. The lowest BCUT2D eigenvalue weighted by Crippen LogP contribution is -2.43. The molecular weight excluding hydrogens is 617 g/mol. The van der Waals surface area contributed by atoms with E-state index in [0.717, 1.165) is 40.8 Å². The molecule has 0 bridgehead atoms. The van der Waals surface area contributed by atoms with E-state index in [1.807, 2.05) is 19.1 Å². The Hall–Kier alpha value is -1.34. The van der Waals surface area contributed by atoms with E-state index in [1.165, 1.54) is 75.1 Å². The molecule has 0 spiro atoms. The molecule has 1 aromatic carbocycles. The van der Waals surface area contributed by atoms with Gasteiger partial charge in [0, 0.05) is 5.92 Å². The minimum atomic E-state index is -1.92. The van der Waals surface area contributed by atoms with Crippen molar-refractivity contribution in [3.05, 3.63) is 53.1 Å². The molecule has 0 aliphatic rings. The number of methoxy groups -OCH3 is 1. The van der Waals surface area contributed by atoms with E-state index in [9.17, 15) is 4.79 Å². The average Bonchev–Trinajstić information content (AvgIpc) is 3.06. The van der Waals surface area contributed by atoms with Crippen LogP contribution in [-0.4, -0.2) is 38.5 Å². The summed E-state index contributed by atoms with van der Waals surface area (Å²) in [6.45, 7) is 22.8. The van der Waals surface area contributed by atoms with Gasteiger partial charge in [-0.3, -0.25) is 4.79 Å². The van der Waals surface area contributed by atoms with Gasteiger partial charge in [-0.15, -0.1) is 0 Å². The highest BCUT2D eigenvalue weighted by atomic mass is 32.2. The molecule has 0 amide bonds. The van der Waals surface area contributed by atoms with Crippen molar-refractivity contribution in [2.45, 2.75) is 164 Å². The van der Waals surface area contributed by atoms with Gasteiger partial charge in [-0.1, -0.05) is 148 Å². The number of benzene rings is 1. The fourth-order valence-electron chi connectivity index (χ4n) is 6.77. The van der Waals surface area contributed by atoms with Gasteiger partial charge < -0.3 is 13.9 Å². The summed E-state index contributed by atoms with van der Waals surface area (Å²) in [6, 6.07) is 11.4. The van der Waals surface area contributed by atoms with Crippen LogP contribution in [0.2, 0.25) is 18.1 Å². The molecule has 0 fully saturated rings. The smallest absolute Gasteiger partial charge is 0.194 e. The number of thioether (sulfide) groups is 1. The summed E-state index contributed by atoms with van der Waals surface area (Å²) in [5.74, 6) is 2.17. The number of hydrogen-bond donors (Lipinski definition) is 0. The fourth-order valence-corrected chi connectivity index (χ4v) is 10.4. The molecule has 47 heavy (non-hydrogen) atoms. The molecule has 5 atom stereocenters. The Morgan fingerprint density at radius 1 is 0.851 bits per heavy atom. The Morgan fingerprint density at radius 3 is 1.96 bits per heavy atom. The van der Waals surface area contributed by atoms with Crippen LogP contribution < -0.4 is 4.74 Å². The van der Waals surface area contributed by atoms with Crippen LogP contribution in [0.3, 0.4) is 0 Å². The van der Waals surface area contributed by atoms with Crippen LogP contribution in [0.25, 0.3) is 0 Å². The quantitative estimate of drug-likeness (QED) is 0.0551. The van der Waals surface area contributed by atoms with Crippen LogP contribution in [0.5, 0.6) is 5.75 Å². The minimum absolute atomic E-state index is 0.110. The third-order valence-corrected chi connectivity index (χ3v) is 15.6. The molecule has 1 rings (SSSR count). The SMILES string of the molecule is CCCCCCCCCC[C@H](C)[C@@H](OCc1ccc(OC)cc1)[C@H](C)/C=C(C)/C=C(\C)[C@@H](O[Si](CC)(CC)CC)[C@H](C)C(=O)SCC. The van der Waals surface area contributed by atoms with Crippen LogP contribution >= 0.6 is 11.8 Å². The average molecular weight is 689 g/mol. The second-order valence-corrected chi connectivity index (χ2v) is 19.8. The van der Waals surface area contributed by atoms with E-state index in [-0.39, 0.29) is 29.2 Å². The van der Waals surface area contributed by atoms with Gasteiger partial charge >= 0.3 is 0 Å².